The number of phenolic OH excluding ortho intramolecular Hbond substituents is 2. The molecule has 0 radical (unpaired) electrons. The molecule has 1 heterocycles. The van der Waals surface area contributed by atoms with Crippen LogP contribution in [-0.4, -0.2) is 22.3 Å². The number of esters is 1. The zero-order valence-electron chi connectivity index (χ0n) is 12.2. The van der Waals surface area contributed by atoms with Crippen LogP contribution in [0.4, 0.5) is 0 Å². The molecule has 1 atom stereocenters. The second kappa shape index (κ2) is 7.16. The van der Waals surface area contributed by atoms with E-state index >= 15 is 0 Å². The molecular weight excluding hydrogens is 268 g/mol. The maximum Gasteiger partial charge on any atom is 0.333 e. The topological polar surface area (TPSA) is 66.8 Å². The first-order chi connectivity index (χ1) is 10.1. The van der Waals surface area contributed by atoms with Crippen LogP contribution in [0, 0.1) is 0 Å². The third kappa shape index (κ3) is 4.25. The molecule has 2 N–H and O–H groups in total. The summed E-state index contributed by atoms with van der Waals surface area (Å²) in [6, 6.07) is 5.06. The van der Waals surface area contributed by atoms with Crippen molar-refractivity contribution in [1.29, 1.82) is 0 Å². The van der Waals surface area contributed by atoms with Crippen molar-refractivity contribution >= 4 is 5.97 Å². The molecule has 0 aromatic heterocycles. The van der Waals surface area contributed by atoms with Crippen molar-refractivity contribution < 1.29 is 19.7 Å². The Kier molecular flexibility index (Phi) is 5.26. The molecule has 114 valence electrons. The number of aromatic hydroxyl groups is 2. The van der Waals surface area contributed by atoms with Gasteiger partial charge >= 0.3 is 5.97 Å². The summed E-state index contributed by atoms with van der Waals surface area (Å²) in [6.07, 6.45) is 6.44. The van der Waals surface area contributed by atoms with Crippen molar-refractivity contribution in [2.75, 3.05) is 0 Å². The minimum Gasteiger partial charge on any atom is -0.504 e. The van der Waals surface area contributed by atoms with Crippen LogP contribution in [0.2, 0.25) is 0 Å². The second-order valence-electron chi connectivity index (χ2n) is 5.57. The Bertz CT molecular complexity index is 506. The molecular formula is C17H22O4. The van der Waals surface area contributed by atoms with Crippen molar-refractivity contribution in [2.24, 2.45) is 0 Å². The predicted molar refractivity (Wildman–Crippen MR) is 80.2 cm³/mol. The van der Waals surface area contributed by atoms with Gasteiger partial charge in [-0.2, -0.15) is 0 Å². The number of benzene rings is 1. The number of para-hydroxylation sites is 1. The molecule has 0 bridgehead atoms. The fourth-order valence-corrected chi connectivity index (χ4v) is 2.62. The van der Waals surface area contributed by atoms with E-state index < -0.39 is 0 Å². The summed E-state index contributed by atoms with van der Waals surface area (Å²) >= 11 is 0. The third-order valence-electron chi connectivity index (χ3n) is 3.86. The molecule has 1 aliphatic rings. The number of hydrogen-bond acceptors (Lipinski definition) is 4. The van der Waals surface area contributed by atoms with Gasteiger partial charge in [0, 0.05) is 12.0 Å². The second-order valence-corrected chi connectivity index (χ2v) is 5.57. The van der Waals surface area contributed by atoms with Crippen LogP contribution in [-0.2, 0) is 16.0 Å². The van der Waals surface area contributed by atoms with Gasteiger partial charge in [-0.05, 0) is 37.3 Å². The maximum atomic E-state index is 11.2. The molecule has 1 aliphatic heterocycles. The van der Waals surface area contributed by atoms with Crippen LogP contribution < -0.4 is 0 Å². The van der Waals surface area contributed by atoms with Gasteiger partial charge in [0.2, 0.25) is 0 Å². The average Bonchev–Trinajstić information content (AvgIpc) is 2.77. The first kappa shape index (κ1) is 15.4. The largest absolute Gasteiger partial charge is 0.504 e. The number of hydrogen-bond donors (Lipinski definition) is 2. The highest BCUT2D eigenvalue weighted by atomic mass is 16.5. The lowest BCUT2D eigenvalue weighted by Crippen LogP contribution is -2.06. The summed E-state index contributed by atoms with van der Waals surface area (Å²) in [6.45, 7) is 3.67. The molecule has 1 aromatic rings. The van der Waals surface area contributed by atoms with Gasteiger partial charge in [-0.25, -0.2) is 4.79 Å². The van der Waals surface area contributed by atoms with Crippen molar-refractivity contribution in [3.63, 3.8) is 0 Å². The Hall–Kier alpha value is -1.97. The first-order valence-corrected chi connectivity index (χ1v) is 7.46. The predicted octanol–water partition coefficient (Wildman–Crippen LogP) is 3.46. The summed E-state index contributed by atoms with van der Waals surface area (Å²) in [4.78, 5) is 11.2. The van der Waals surface area contributed by atoms with Crippen molar-refractivity contribution in [2.45, 2.75) is 51.0 Å². The van der Waals surface area contributed by atoms with E-state index in [1.807, 2.05) is 6.07 Å². The molecule has 21 heavy (non-hydrogen) atoms. The monoisotopic (exact) mass is 290 g/mol. The van der Waals surface area contributed by atoms with Gasteiger partial charge in [-0.3, -0.25) is 0 Å². The lowest BCUT2D eigenvalue weighted by Gasteiger charge is -2.08. The lowest BCUT2D eigenvalue weighted by atomic mass is 10.0. The lowest BCUT2D eigenvalue weighted by molar-refractivity contribution is -0.139. The van der Waals surface area contributed by atoms with Crippen LogP contribution in [0.25, 0.3) is 0 Å². The van der Waals surface area contributed by atoms with Crippen LogP contribution in [0.1, 0.15) is 44.1 Å². The minimum atomic E-state index is -0.251. The summed E-state index contributed by atoms with van der Waals surface area (Å²) < 4.78 is 5.18. The zero-order valence-corrected chi connectivity index (χ0v) is 12.2. The van der Waals surface area contributed by atoms with Gasteiger partial charge in [0.1, 0.15) is 6.10 Å². The normalized spacial score (nSPS) is 18.0. The van der Waals surface area contributed by atoms with Gasteiger partial charge in [-0.1, -0.05) is 31.6 Å². The minimum absolute atomic E-state index is 0.00567. The van der Waals surface area contributed by atoms with Crippen LogP contribution in [0.5, 0.6) is 11.5 Å². The smallest absolute Gasteiger partial charge is 0.333 e. The van der Waals surface area contributed by atoms with E-state index in [1.54, 1.807) is 6.07 Å². The van der Waals surface area contributed by atoms with Gasteiger partial charge in [0.25, 0.3) is 0 Å². The zero-order chi connectivity index (χ0) is 15.2. The Labute approximate surface area is 125 Å². The van der Waals surface area contributed by atoms with E-state index in [1.165, 1.54) is 6.07 Å². The Morgan fingerprint density at radius 3 is 2.67 bits per heavy atom. The number of phenols is 2. The van der Waals surface area contributed by atoms with Crippen molar-refractivity contribution in [3.05, 3.63) is 35.9 Å². The van der Waals surface area contributed by atoms with Crippen LogP contribution in [0.3, 0.4) is 0 Å². The molecule has 2 rings (SSSR count). The van der Waals surface area contributed by atoms with E-state index in [9.17, 15) is 15.0 Å². The quantitative estimate of drug-likeness (QED) is 0.349. The molecule has 1 saturated heterocycles. The van der Waals surface area contributed by atoms with Crippen molar-refractivity contribution in [3.8, 4) is 11.5 Å². The van der Waals surface area contributed by atoms with Crippen molar-refractivity contribution in [1.82, 2.24) is 0 Å². The van der Waals surface area contributed by atoms with Gasteiger partial charge in [0.15, 0.2) is 11.5 Å². The average molecular weight is 290 g/mol. The molecule has 4 nitrogen and oxygen atoms in total. The van der Waals surface area contributed by atoms with Gasteiger partial charge in [0.05, 0.1) is 0 Å². The molecule has 0 saturated carbocycles. The number of unbranched alkanes of at least 4 members (excludes halogenated alkanes) is 3. The standard InChI is InChI=1S/C17H22O4/c1-12-11-14(21-17(12)20)9-5-3-2-4-7-13-8-6-10-15(18)16(13)19/h6,8,10,14,18-19H,1-5,7,9,11H2/t14-/m1/s1. The fourth-order valence-electron chi connectivity index (χ4n) is 2.62. The number of rotatable bonds is 7. The van der Waals surface area contributed by atoms with E-state index in [4.69, 9.17) is 4.74 Å². The number of cyclic esters (lactones) is 1. The Morgan fingerprint density at radius 2 is 1.95 bits per heavy atom. The fraction of sp³-hybridized carbons (Fsp3) is 0.471. The van der Waals surface area contributed by atoms with E-state index in [2.05, 4.69) is 6.58 Å². The van der Waals surface area contributed by atoms with E-state index in [-0.39, 0.29) is 23.6 Å². The Balaban J connectivity index is 1.59. The summed E-state index contributed by atoms with van der Waals surface area (Å²) in [5.74, 6) is -0.316. The molecule has 0 amide bonds. The van der Waals surface area contributed by atoms with Gasteiger partial charge < -0.3 is 14.9 Å². The summed E-state index contributed by atoms with van der Waals surface area (Å²) in [5.41, 5.74) is 1.37. The first-order valence-electron chi connectivity index (χ1n) is 7.46. The SMILES string of the molecule is C=C1C[C@@H](CCCCCCc2cccc(O)c2O)OC1=O. The van der Waals surface area contributed by atoms with E-state index in [0.29, 0.717) is 12.0 Å². The molecule has 0 spiro atoms. The highest BCUT2D eigenvalue weighted by Crippen LogP contribution is 2.29. The molecule has 4 heteroatoms. The van der Waals surface area contributed by atoms with Crippen LogP contribution >= 0.6 is 0 Å². The summed E-state index contributed by atoms with van der Waals surface area (Å²) in [7, 11) is 0. The number of carbonyl (C=O) groups is 1. The van der Waals surface area contributed by atoms with E-state index in [0.717, 1.165) is 44.1 Å². The maximum absolute atomic E-state index is 11.2. The molecule has 0 aliphatic carbocycles. The highest BCUT2D eigenvalue weighted by Gasteiger charge is 2.26. The Morgan fingerprint density at radius 1 is 1.19 bits per heavy atom. The highest BCUT2D eigenvalue weighted by molar-refractivity contribution is 5.89. The molecule has 1 fully saturated rings. The molecule has 1 aromatic carbocycles. The number of ether oxygens (including phenoxy) is 1. The third-order valence-corrected chi connectivity index (χ3v) is 3.86. The van der Waals surface area contributed by atoms with Crippen LogP contribution in [0.15, 0.2) is 30.4 Å². The number of carbonyl (C=O) groups excluding carboxylic acids is 1. The summed E-state index contributed by atoms with van der Waals surface area (Å²) in [5, 5.41) is 19.1. The van der Waals surface area contributed by atoms with Gasteiger partial charge in [-0.15, -0.1) is 0 Å². The number of aryl methyl sites for hydroxylation is 1. The molecule has 0 unspecified atom stereocenters.